The van der Waals surface area contributed by atoms with Gasteiger partial charge in [0.1, 0.15) is 11.5 Å². The van der Waals surface area contributed by atoms with E-state index in [0.29, 0.717) is 29.4 Å². The summed E-state index contributed by atoms with van der Waals surface area (Å²) in [6.07, 6.45) is 0.557. The maximum Gasteiger partial charge on any atom is 0.251 e. The number of methoxy groups -OCH3 is 2. The van der Waals surface area contributed by atoms with Crippen LogP contribution in [0.3, 0.4) is 0 Å². The predicted octanol–water partition coefficient (Wildman–Crippen LogP) is 3.07. The van der Waals surface area contributed by atoms with E-state index in [1.807, 2.05) is 48.5 Å². The molecule has 0 unspecified atom stereocenters. The van der Waals surface area contributed by atoms with E-state index in [4.69, 9.17) is 21.7 Å². The topological polar surface area (TPSA) is 75.4 Å². The van der Waals surface area contributed by atoms with Crippen LogP contribution in [-0.4, -0.2) is 30.9 Å². The number of ether oxygens (including phenoxy) is 2. The maximum absolute atomic E-state index is 12.3. The molecule has 0 saturated carbocycles. The Balaban J connectivity index is 1.58. The molecular weight excluding hydrogens is 362 g/mol. The molecule has 0 amide bonds. The van der Waals surface area contributed by atoms with Crippen LogP contribution in [0.4, 0.5) is 5.69 Å². The summed E-state index contributed by atoms with van der Waals surface area (Å²) < 4.78 is 10.3. The van der Waals surface area contributed by atoms with Gasteiger partial charge in [0.2, 0.25) is 0 Å². The van der Waals surface area contributed by atoms with Crippen molar-refractivity contribution in [2.24, 2.45) is 0 Å². The van der Waals surface area contributed by atoms with Crippen molar-refractivity contribution in [3.05, 3.63) is 64.4 Å². The maximum atomic E-state index is 12.3. The van der Waals surface area contributed by atoms with Gasteiger partial charge in [0.05, 0.1) is 19.7 Å². The number of aromatic nitrogens is 1. The van der Waals surface area contributed by atoms with Gasteiger partial charge in [-0.1, -0.05) is 0 Å². The molecule has 0 bridgehead atoms. The van der Waals surface area contributed by atoms with Crippen LogP contribution in [0.25, 0.3) is 10.9 Å². The fourth-order valence-corrected chi connectivity index (χ4v) is 2.92. The number of anilines is 1. The van der Waals surface area contributed by atoms with Crippen LogP contribution in [0.2, 0.25) is 0 Å². The number of benzene rings is 2. The molecule has 0 radical (unpaired) electrons. The summed E-state index contributed by atoms with van der Waals surface area (Å²) in [5.74, 6) is 1.50. The summed E-state index contributed by atoms with van der Waals surface area (Å²) in [5, 5.41) is 7.68. The van der Waals surface area contributed by atoms with E-state index in [0.717, 1.165) is 22.3 Å². The Kier molecular flexibility index (Phi) is 5.93. The number of nitrogens with one attached hydrogen (secondary N) is 3. The van der Waals surface area contributed by atoms with E-state index >= 15 is 0 Å². The molecule has 1 aromatic heterocycles. The number of hydrogen-bond acceptors (Lipinski definition) is 4. The summed E-state index contributed by atoms with van der Waals surface area (Å²) in [4.78, 5) is 15.2. The normalized spacial score (nSPS) is 10.4. The molecule has 0 atom stereocenters. The Bertz CT molecular complexity index is 1000. The molecule has 2 aromatic carbocycles. The van der Waals surface area contributed by atoms with Crippen molar-refractivity contribution in [1.29, 1.82) is 0 Å². The number of thiocarbonyl (C=S) groups is 1. The van der Waals surface area contributed by atoms with Crippen LogP contribution in [-0.2, 0) is 6.42 Å². The zero-order chi connectivity index (χ0) is 19.2. The Morgan fingerprint density at radius 1 is 1.04 bits per heavy atom. The van der Waals surface area contributed by atoms with Crippen LogP contribution in [0, 0.1) is 0 Å². The summed E-state index contributed by atoms with van der Waals surface area (Å²) in [6.45, 7) is 0.548. The van der Waals surface area contributed by atoms with Gasteiger partial charge < -0.3 is 25.1 Å². The molecule has 3 rings (SSSR count). The highest BCUT2D eigenvalue weighted by Crippen LogP contribution is 2.18. The monoisotopic (exact) mass is 383 g/mol. The van der Waals surface area contributed by atoms with Crippen molar-refractivity contribution in [2.75, 3.05) is 26.1 Å². The van der Waals surface area contributed by atoms with Crippen molar-refractivity contribution < 1.29 is 9.47 Å². The third-order valence-electron chi connectivity index (χ3n) is 4.16. The lowest BCUT2D eigenvalue weighted by Crippen LogP contribution is -2.31. The van der Waals surface area contributed by atoms with Crippen molar-refractivity contribution in [3.63, 3.8) is 0 Å². The minimum atomic E-state index is -0.105. The van der Waals surface area contributed by atoms with Gasteiger partial charge in [-0.15, -0.1) is 0 Å². The van der Waals surface area contributed by atoms with Crippen LogP contribution >= 0.6 is 12.2 Å². The molecule has 0 aliphatic carbocycles. The minimum Gasteiger partial charge on any atom is -0.497 e. The molecule has 3 N–H and O–H groups in total. The lowest BCUT2D eigenvalue weighted by atomic mass is 10.1. The summed E-state index contributed by atoms with van der Waals surface area (Å²) in [5.41, 5.74) is 2.22. The highest BCUT2D eigenvalue weighted by atomic mass is 32.1. The Labute approximate surface area is 162 Å². The zero-order valence-electron chi connectivity index (χ0n) is 15.2. The van der Waals surface area contributed by atoms with Gasteiger partial charge in [-0.05, 0) is 66.5 Å². The molecule has 0 aliphatic heterocycles. The number of fused-ring (bicyclic) bond motifs is 1. The predicted molar refractivity (Wildman–Crippen MR) is 112 cm³/mol. The number of rotatable bonds is 6. The van der Waals surface area contributed by atoms with Gasteiger partial charge in [-0.3, -0.25) is 4.79 Å². The largest absolute Gasteiger partial charge is 0.497 e. The fraction of sp³-hybridized carbons (Fsp3) is 0.200. The van der Waals surface area contributed by atoms with Crippen molar-refractivity contribution in [2.45, 2.75) is 6.42 Å². The molecule has 3 aromatic rings. The van der Waals surface area contributed by atoms with Gasteiger partial charge in [0, 0.05) is 23.9 Å². The number of hydrogen-bond donors (Lipinski definition) is 3. The lowest BCUT2D eigenvalue weighted by Gasteiger charge is -2.11. The highest BCUT2D eigenvalue weighted by Gasteiger charge is 2.05. The first-order chi connectivity index (χ1) is 13.1. The van der Waals surface area contributed by atoms with Gasteiger partial charge in [0.15, 0.2) is 5.11 Å². The molecule has 0 saturated heterocycles. The average Bonchev–Trinajstić information content (AvgIpc) is 2.68. The van der Waals surface area contributed by atoms with Crippen molar-refractivity contribution >= 4 is 33.9 Å². The standard InChI is InChI=1S/C20H21N3O3S/c1-25-16-7-4-15(5-8-16)22-20(27)21-10-9-14-11-13-3-6-17(26-2)12-18(13)23-19(14)24/h3-8,11-12H,9-10H2,1-2H3,(H,23,24)(H2,21,22,27). The van der Waals surface area contributed by atoms with E-state index in [9.17, 15) is 4.79 Å². The lowest BCUT2D eigenvalue weighted by molar-refractivity contribution is 0.415. The van der Waals surface area contributed by atoms with Gasteiger partial charge >= 0.3 is 0 Å². The smallest absolute Gasteiger partial charge is 0.251 e. The minimum absolute atomic E-state index is 0.105. The molecule has 0 aliphatic rings. The Morgan fingerprint density at radius 2 is 1.74 bits per heavy atom. The van der Waals surface area contributed by atoms with Gasteiger partial charge in [-0.2, -0.15) is 0 Å². The Morgan fingerprint density at radius 3 is 2.44 bits per heavy atom. The third-order valence-corrected chi connectivity index (χ3v) is 4.40. The molecule has 0 fully saturated rings. The summed E-state index contributed by atoms with van der Waals surface area (Å²) in [6, 6.07) is 15.0. The quantitative estimate of drug-likeness (QED) is 0.568. The zero-order valence-corrected chi connectivity index (χ0v) is 16.0. The number of pyridine rings is 1. The van der Waals surface area contributed by atoms with Crippen LogP contribution < -0.4 is 25.7 Å². The summed E-state index contributed by atoms with van der Waals surface area (Å²) in [7, 11) is 3.22. The molecule has 27 heavy (non-hydrogen) atoms. The van der Waals surface area contributed by atoms with E-state index in [1.165, 1.54) is 0 Å². The number of aromatic amines is 1. The average molecular weight is 383 g/mol. The Hall–Kier alpha value is -3.06. The van der Waals surface area contributed by atoms with Crippen LogP contribution in [0.5, 0.6) is 11.5 Å². The second-order valence-corrected chi connectivity index (χ2v) is 6.34. The summed E-state index contributed by atoms with van der Waals surface area (Å²) >= 11 is 5.30. The first-order valence-corrected chi connectivity index (χ1v) is 8.89. The van der Waals surface area contributed by atoms with E-state index in [2.05, 4.69) is 15.6 Å². The van der Waals surface area contributed by atoms with Gasteiger partial charge in [0.25, 0.3) is 5.56 Å². The van der Waals surface area contributed by atoms with E-state index < -0.39 is 0 Å². The van der Waals surface area contributed by atoms with E-state index in [1.54, 1.807) is 14.2 Å². The first-order valence-electron chi connectivity index (χ1n) is 8.48. The molecular formula is C20H21N3O3S. The van der Waals surface area contributed by atoms with E-state index in [-0.39, 0.29) is 5.56 Å². The third kappa shape index (κ3) is 4.77. The van der Waals surface area contributed by atoms with Crippen LogP contribution in [0.1, 0.15) is 5.56 Å². The first kappa shape index (κ1) is 18.7. The molecule has 7 heteroatoms. The fourth-order valence-electron chi connectivity index (χ4n) is 2.70. The molecule has 1 heterocycles. The molecule has 0 spiro atoms. The molecule has 140 valence electrons. The van der Waals surface area contributed by atoms with Crippen molar-refractivity contribution in [3.8, 4) is 11.5 Å². The SMILES string of the molecule is COc1ccc(NC(=S)NCCc2cc3ccc(OC)cc3[nH]c2=O)cc1. The molecule has 6 nitrogen and oxygen atoms in total. The van der Waals surface area contributed by atoms with Crippen molar-refractivity contribution in [1.82, 2.24) is 10.3 Å². The highest BCUT2D eigenvalue weighted by molar-refractivity contribution is 7.80. The second-order valence-electron chi connectivity index (χ2n) is 5.94. The van der Waals surface area contributed by atoms with Gasteiger partial charge in [-0.25, -0.2) is 0 Å². The second kappa shape index (κ2) is 8.55. The number of H-pyrrole nitrogens is 1. The van der Waals surface area contributed by atoms with Crippen LogP contribution in [0.15, 0.2) is 53.3 Å².